The van der Waals surface area contributed by atoms with Gasteiger partial charge in [0.05, 0.1) is 0 Å². The highest BCUT2D eigenvalue weighted by Crippen LogP contribution is 2.34. The van der Waals surface area contributed by atoms with Gasteiger partial charge in [0.2, 0.25) is 0 Å². The molecule has 0 atom stereocenters. The molecule has 0 aliphatic heterocycles. The van der Waals surface area contributed by atoms with Gasteiger partial charge in [0, 0.05) is 6.61 Å². The van der Waals surface area contributed by atoms with Crippen molar-refractivity contribution in [1.29, 1.82) is 0 Å². The molecule has 0 bridgehead atoms. The van der Waals surface area contributed by atoms with E-state index in [1.54, 1.807) is 0 Å². The van der Waals surface area contributed by atoms with E-state index in [0.29, 0.717) is 0 Å². The Morgan fingerprint density at radius 1 is 0.667 bits per heavy atom. The lowest BCUT2D eigenvalue weighted by Crippen LogP contribution is -2.23. The maximum absolute atomic E-state index is 8.87. The molecule has 0 saturated heterocycles. The van der Waals surface area contributed by atoms with Gasteiger partial charge in [-0.3, -0.25) is 0 Å². The van der Waals surface area contributed by atoms with E-state index in [0.717, 1.165) is 25.7 Å². The Bertz CT molecular complexity index is 788. The summed E-state index contributed by atoms with van der Waals surface area (Å²) in [7, 11) is -0.548. The molecule has 0 aliphatic carbocycles. The number of hydrogen-bond acceptors (Lipinski definition) is 1. The van der Waals surface area contributed by atoms with Crippen molar-refractivity contribution in [2.24, 2.45) is 0 Å². The van der Waals surface area contributed by atoms with Crippen molar-refractivity contribution >= 4 is 23.8 Å². The van der Waals surface area contributed by atoms with Gasteiger partial charge in [-0.25, -0.2) is 0 Å². The minimum atomic E-state index is -0.548. The van der Waals surface area contributed by atoms with Gasteiger partial charge in [0.15, 0.2) is 0 Å². The van der Waals surface area contributed by atoms with Gasteiger partial charge >= 0.3 is 0 Å². The molecular weight excluding hydrogens is 347 g/mol. The molecule has 1 N–H and O–H groups in total. The van der Waals surface area contributed by atoms with E-state index in [4.69, 9.17) is 5.11 Å². The van der Waals surface area contributed by atoms with Crippen LogP contribution in [0.3, 0.4) is 0 Å². The van der Waals surface area contributed by atoms with Gasteiger partial charge in [-0.05, 0) is 55.1 Å². The minimum absolute atomic E-state index is 0.234. The Hall–Kier alpha value is -2.21. The van der Waals surface area contributed by atoms with Crippen molar-refractivity contribution in [2.45, 2.75) is 25.7 Å². The van der Waals surface area contributed by atoms with Crippen LogP contribution in [0.25, 0.3) is 0 Å². The largest absolute Gasteiger partial charge is 0.396 e. The number of aliphatic hydroxyl groups excluding tert-OH is 1. The highest BCUT2D eigenvalue weighted by molar-refractivity contribution is 7.79. The van der Waals surface area contributed by atoms with E-state index >= 15 is 0 Å². The molecule has 0 heterocycles. The van der Waals surface area contributed by atoms with Crippen LogP contribution in [0.2, 0.25) is 0 Å². The van der Waals surface area contributed by atoms with Gasteiger partial charge in [-0.1, -0.05) is 97.1 Å². The van der Waals surface area contributed by atoms with Gasteiger partial charge < -0.3 is 5.11 Å². The molecule has 138 valence electrons. The van der Waals surface area contributed by atoms with Gasteiger partial charge in [0.1, 0.15) is 0 Å². The van der Waals surface area contributed by atoms with Crippen molar-refractivity contribution < 1.29 is 5.11 Å². The quantitative estimate of drug-likeness (QED) is 0.327. The molecule has 3 rings (SSSR count). The van der Waals surface area contributed by atoms with Crippen LogP contribution in [0.4, 0.5) is 0 Å². The summed E-state index contributed by atoms with van der Waals surface area (Å²) in [6.45, 7) is 0.234. The number of benzene rings is 3. The second-order valence-electron chi connectivity index (χ2n) is 6.51. The highest BCUT2D eigenvalue weighted by Gasteiger charge is 2.18. The van der Waals surface area contributed by atoms with Crippen LogP contribution in [-0.4, -0.2) is 11.7 Å². The van der Waals surface area contributed by atoms with E-state index in [9.17, 15) is 0 Å². The lowest BCUT2D eigenvalue weighted by molar-refractivity contribution is 0.302. The molecule has 0 fully saturated rings. The molecule has 0 saturated carbocycles. The molecule has 0 aliphatic rings. The van der Waals surface area contributed by atoms with Crippen molar-refractivity contribution in [3.05, 3.63) is 103 Å². The number of rotatable bonds is 9. The lowest BCUT2D eigenvalue weighted by atomic mass is 10.1. The molecule has 2 heteroatoms. The molecule has 0 radical (unpaired) electrons. The Kier molecular flexibility index (Phi) is 7.84. The van der Waals surface area contributed by atoms with Crippen molar-refractivity contribution in [2.75, 3.05) is 6.61 Å². The number of hydrogen-bond donors (Lipinski definition) is 1. The van der Waals surface area contributed by atoms with Gasteiger partial charge in [-0.2, -0.15) is 0 Å². The van der Waals surface area contributed by atoms with Crippen molar-refractivity contribution in [3.8, 4) is 0 Å². The summed E-state index contributed by atoms with van der Waals surface area (Å²) in [5.41, 5.74) is 1.45. The summed E-state index contributed by atoms with van der Waals surface area (Å²) >= 11 is 0. The summed E-state index contributed by atoms with van der Waals surface area (Å²) < 4.78 is 0. The fraction of sp³-hybridized carbons (Fsp3) is 0.200. The molecule has 0 unspecified atom stereocenters. The molecule has 0 spiro atoms. The minimum Gasteiger partial charge on any atom is -0.396 e. The fourth-order valence-electron chi connectivity index (χ4n) is 3.24. The van der Waals surface area contributed by atoms with Crippen molar-refractivity contribution in [1.82, 2.24) is 0 Å². The first-order valence-corrected chi connectivity index (χ1v) is 11.0. The number of aliphatic hydroxyl groups is 1. The third kappa shape index (κ3) is 5.63. The zero-order chi connectivity index (χ0) is 18.7. The van der Waals surface area contributed by atoms with Crippen LogP contribution < -0.4 is 15.9 Å². The molecule has 0 aromatic heterocycles. The maximum atomic E-state index is 8.87. The second-order valence-corrected chi connectivity index (χ2v) is 8.70. The van der Waals surface area contributed by atoms with E-state index in [1.807, 2.05) is 0 Å². The number of aryl methyl sites for hydroxylation is 1. The number of allylic oxidation sites excluding steroid dienone is 1. The molecular formula is C25H27OP. The zero-order valence-electron chi connectivity index (χ0n) is 15.7. The predicted octanol–water partition coefficient (Wildman–Crippen LogP) is 4.71. The van der Waals surface area contributed by atoms with E-state index in [2.05, 4.69) is 97.1 Å². The number of unbranched alkanes of at least 4 members (excludes halogenated alkanes) is 1. The Morgan fingerprint density at radius 2 is 1.22 bits per heavy atom. The standard InChI is InChI=1S/C25H27OP/c26-21-13-3-1-2-6-14-22-15-11-12-20-25(22)27(23-16-7-4-8-17-23)24-18-9-5-10-19-24/h1,3-5,7-12,15-20,26H,2,6,13-14,21H2. The van der Waals surface area contributed by atoms with Crippen molar-refractivity contribution in [3.63, 3.8) is 0 Å². The molecule has 0 amide bonds. The predicted molar refractivity (Wildman–Crippen MR) is 119 cm³/mol. The average molecular weight is 374 g/mol. The Balaban J connectivity index is 1.87. The second kappa shape index (κ2) is 10.8. The van der Waals surface area contributed by atoms with Crippen LogP contribution in [0, 0.1) is 0 Å². The molecule has 27 heavy (non-hydrogen) atoms. The van der Waals surface area contributed by atoms with Crippen LogP contribution in [0.1, 0.15) is 24.8 Å². The topological polar surface area (TPSA) is 20.2 Å². The average Bonchev–Trinajstić information content (AvgIpc) is 2.73. The Labute approximate surface area is 164 Å². The van der Waals surface area contributed by atoms with E-state index in [1.165, 1.54) is 21.5 Å². The monoisotopic (exact) mass is 374 g/mol. The SMILES string of the molecule is OCCC=CCCCc1ccccc1P(c1ccccc1)c1ccccc1. The highest BCUT2D eigenvalue weighted by atomic mass is 31.1. The van der Waals surface area contributed by atoms with Crippen LogP contribution in [0.5, 0.6) is 0 Å². The summed E-state index contributed by atoms with van der Waals surface area (Å²) in [5.74, 6) is 0. The third-order valence-electron chi connectivity index (χ3n) is 4.54. The first-order valence-electron chi connectivity index (χ1n) is 9.64. The van der Waals surface area contributed by atoms with Crippen LogP contribution in [0.15, 0.2) is 97.1 Å². The third-order valence-corrected chi connectivity index (χ3v) is 7.09. The zero-order valence-corrected chi connectivity index (χ0v) is 16.6. The normalized spacial score (nSPS) is 11.3. The van der Waals surface area contributed by atoms with E-state index in [-0.39, 0.29) is 6.61 Å². The van der Waals surface area contributed by atoms with Crippen LogP contribution in [-0.2, 0) is 6.42 Å². The van der Waals surface area contributed by atoms with E-state index < -0.39 is 7.92 Å². The van der Waals surface area contributed by atoms with Crippen LogP contribution >= 0.6 is 7.92 Å². The van der Waals surface area contributed by atoms with Gasteiger partial charge in [0.25, 0.3) is 0 Å². The summed E-state index contributed by atoms with van der Waals surface area (Å²) in [4.78, 5) is 0. The fourth-order valence-corrected chi connectivity index (χ4v) is 5.75. The summed E-state index contributed by atoms with van der Waals surface area (Å²) in [5, 5.41) is 13.1. The van der Waals surface area contributed by atoms with Gasteiger partial charge in [-0.15, -0.1) is 0 Å². The maximum Gasteiger partial charge on any atom is 0.0465 e. The molecule has 1 nitrogen and oxygen atoms in total. The molecule has 3 aromatic carbocycles. The molecule has 3 aromatic rings. The summed E-state index contributed by atoms with van der Waals surface area (Å²) in [6, 6.07) is 30.7. The first kappa shape index (κ1) is 19.5. The summed E-state index contributed by atoms with van der Waals surface area (Å²) in [6.07, 6.45) is 8.29. The lowest BCUT2D eigenvalue weighted by Gasteiger charge is -2.22. The Morgan fingerprint density at radius 3 is 1.85 bits per heavy atom. The smallest absolute Gasteiger partial charge is 0.0465 e. The first-order chi connectivity index (χ1) is 13.4.